The number of rotatable bonds is 5. The first kappa shape index (κ1) is 14.4. The number of hydrogen-bond acceptors (Lipinski definition) is 2. The van der Waals surface area contributed by atoms with E-state index in [1.807, 2.05) is 27.7 Å². The maximum Gasteiger partial charge on any atom is 0.224 e. The van der Waals surface area contributed by atoms with Gasteiger partial charge >= 0.3 is 0 Å². The number of carbonyl (C=O) groups is 2. The van der Waals surface area contributed by atoms with Crippen molar-refractivity contribution in [1.29, 1.82) is 0 Å². The SMILES string of the molecule is CC(C)CC(=O)Nc1cccc(C(=O)C(C)C)c1.[HH]. The van der Waals surface area contributed by atoms with Crippen molar-refractivity contribution in [2.75, 3.05) is 5.32 Å². The van der Waals surface area contributed by atoms with Crippen molar-refractivity contribution in [3.05, 3.63) is 29.8 Å². The number of Topliss-reactive ketones (excluding diaryl/α,β-unsaturated/α-hetero) is 1. The molecule has 1 aromatic carbocycles. The summed E-state index contributed by atoms with van der Waals surface area (Å²) in [6.07, 6.45) is 0.488. The van der Waals surface area contributed by atoms with Gasteiger partial charge in [-0.1, -0.05) is 39.8 Å². The number of carbonyl (C=O) groups excluding carboxylic acids is 2. The second-order valence-corrected chi connectivity index (χ2v) is 5.25. The van der Waals surface area contributed by atoms with Crippen molar-refractivity contribution in [2.45, 2.75) is 34.1 Å². The van der Waals surface area contributed by atoms with Gasteiger partial charge in [-0.15, -0.1) is 0 Å². The Kier molecular flexibility index (Phi) is 5.08. The Morgan fingerprint density at radius 1 is 1.22 bits per heavy atom. The number of amides is 1. The molecule has 0 heterocycles. The molecule has 0 atom stereocenters. The third kappa shape index (κ3) is 4.32. The molecule has 100 valence electrons. The molecule has 0 aliphatic carbocycles. The molecule has 0 saturated carbocycles. The summed E-state index contributed by atoms with van der Waals surface area (Å²) in [5.74, 6) is 0.367. The maximum atomic E-state index is 11.8. The molecule has 1 N–H and O–H groups in total. The Morgan fingerprint density at radius 3 is 2.44 bits per heavy atom. The van der Waals surface area contributed by atoms with Gasteiger partial charge in [0.1, 0.15) is 0 Å². The Hall–Kier alpha value is -1.64. The van der Waals surface area contributed by atoms with Crippen LogP contribution in [0, 0.1) is 11.8 Å². The van der Waals surface area contributed by atoms with Crippen LogP contribution in [0.15, 0.2) is 24.3 Å². The molecule has 3 heteroatoms. The van der Waals surface area contributed by atoms with E-state index < -0.39 is 0 Å². The minimum Gasteiger partial charge on any atom is -0.326 e. The van der Waals surface area contributed by atoms with Gasteiger partial charge in [0.2, 0.25) is 5.91 Å². The van der Waals surface area contributed by atoms with Crippen LogP contribution in [0.2, 0.25) is 0 Å². The summed E-state index contributed by atoms with van der Waals surface area (Å²) < 4.78 is 0. The molecule has 1 amide bonds. The smallest absolute Gasteiger partial charge is 0.224 e. The number of ketones is 1. The van der Waals surface area contributed by atoms with Gasteiger partial charge in [-0.2, -0.15) is 0 Å². The normalized spacial score (nSPS) is 10.8. The molecular formula is C15H23NO2. The van der Waals surface area contributed by atoms with Gasteiger partial charge in [0.15, 0.2) is 5.78 Å². The summed E-state index contributed by atoms with van der Waals surface area (Å²) in [4.78, 5) is 23.5. The van der Waals surface area contributed by atoms with Crippen LogP contribution in [0.5, 0.6) is 0 Å². The van der Waals surface area contributed by atoms with E-state index >= 15 is 0 Å². The van der Waals surface area contributed by atoms with E-state index in [1.54, 1.807) is 24.3 Å². The molecular weight excluding hydrogens is 226 g/mol. The minimum atomic E-state index is -0.0355. The lowest BCUT2D eigenvalue weighted by Crippen LogP contribution is -2.14. The quantitative estimate of drug-likeness (QED) is 0.808. The van der Waals surface area contributed by atoms with Crippen molar-refractivity contribution in [1.82, 2.24) is 0 Å². The molecule has 0 aromatic heterocycles. The molecule has 0 unspecified atom stereocenters. The van der Waals surface area contributed by atoms with Crippen molar-refractivity contribution >= 4 is 17.4 Å². The van der Waals surface area contributed by atoms with E-state index in [9.17, 15) is 9.59 Å². The predicted octanol–water partition coefficient (Wildman–Crippen LogP) is 3.76. The van der Waals surface area contributed by atoms with Gasteiger partial charge in [0.25, 0.3) is 0 Å². The molecule has 0 fully saturated rings. The summed E-state index contributed by atoms with van der Waals surface area (Å²) in [5.41, 5.74) is 1.33. The van der Waals surface area contributed by atoms with Crippen LogP contribution in [0.3, 0.4) is 0 Å². The highest BCUT2D eigenvalue weighted by Gasteiger charge is 2.11. The fourth-order valence-electron chi connectivity index (χ4n) is 1.67. The van der Waals surface area contributed by atoms with Crippen molar-refractivity contribution in [2.24, 2.45) is 11.8 Å². The van der Waals surface area contributed by atoms with E-state index in [0.717, 1.165) is 0 Å². The fourth-order valence-corrected chi connectivity index (χ4v) is 1.67. The molecule has 3 nitrogen and oxygen atoms in total. The van der Waals surface area contributed by atoms with Gasteiger partial charge in [-0.3, -0.25) is 9.59 Å². The summed E-state index contributed by atoms with van der Waals surface area (Å²) in [5, 5.41) is 2.82. The fraction of sp³-hybridized carbons (Fsp3) is 0.467. The van der Waals surface area contributed by atoms with Crippen LogP contribution < -0.4 is 5.32 Å². The lowest BCUT2D eigenvalue weighted by molar-refractivity contribution is -0.116. The molecule has 0 spiro atoms. The van der Waals surface area contributed by atoms with Crippen molar-refractivity contribution < 1.29 is 11.0 Å². The highest BCUT2D eigenvalue weighted by molar-refractivity contribution is 5.99. The van der Waals surface area contributed by atoms with Crippen molar-refractivity contribution in [3.63, 3.8) is 0 Å². The number of benzene rings is 1. The van der Waals surface area contributed by atoms with Gasteiger partial charge in [-0.05, 0) is 18.1 Å². The molecule has 0 aliphatic heterocycles. The zero-order chi connectivity index (χ0) is 13.7. The van der Waals surface area contributed by atoms with E-state index in [2.05, 4.69) is 5.32 Å². The standard InChI is InChI=1S/C15H21NO2.H2/c1-10(2)8-14(17)16-13-7-5-6-12(9-13)15(18)11(3)4;/h5-7,9-11H,8H2,1-4H3,(H,16,17);1H. The first-order valence-electron chi connectivity index (χ1n) is 6.34. The van der Waals surface area contributed by atoms with E-state index in [4.69, 9.17) is 0 Å². The average molecular weight is 249 g/mol. The van der Waals surface area contributed by atoms with Crippen LogP contribution in [0.4, 0.5) is 5.69 Å². The van der Waals surface area contributed by atoms with Crippen LogP contribution in [-0.4, -0.2) is 11.7 Å². The number of hydrogen-bond donors (Lipinski definition) is 1. The van der Waals surface area contributed by atoms with E-state index in [1.165, 1.54) is 0 Å². The molecule has 0 radical (unpaired) electrons. The molecule has 0 saturated heterocycles. The second kappa shape index (κ2) is 6.34. The molecule has 0 bridgehead atoms. The minimum absolute atomic E-state index is 0. The first-order chi connectivity index (χ1) is 8.40. The number of anilines is 1. The summed E-state index contributed by atoms with van der Waals surface area (Å²) >= 11 is 0. The summed E-state index contributed by atoms with van der Waals surface area (Å²) in [6, 6.07) is 7.11. The Balaban J connectivity index is 0.00000324. The highest BCUT2D eigenvalue weighted by atomic mass is 16.1. The molecule has 1 rings (SSSR count). The summed E-state index contributed by atoms with van der Waals surface area (Å²) in [6.45, 7) is 7.73. The van der Waals surface area contributed by atoms with Crippen LogP contribution in [-0.2, 0) is 4.79 Å². The molecule has 1 aromatic rings. The topological polar surface area (TPSA) is 46.2 Å². The second-order valence-electron chi connectivity index (χ2n) is 5.25. The Morgan fingerprint density at radius 2 is 1.89 bits per heavy atom. The van der Waals surface area contributed by atoms with Crippen LogP contribution in [0.1, 0.15) is 45.9 Å². The van der Waals surface area contributed by atoms with Gasteiger partial charge in [0, 0.05) is 25.0 Å². The molecule has 18 heavy (non-hydrogen) atoms. The Labute approximate surface area is 110 Å². The predicted molar refractivity (Wildman–Crippen MR) is 75.8 cm³/mol. The average Bonchev–Trinajstić information content (AvgIpc) is 2.26. The lowest BCUT2D eigenvalue weighted by Gasteiger charge is -2.09. The third-order valence-corrected chi connectivity index (χ3v) is 2.55. The van der Waals surface area contributed by atoms with Crippen molar-refractivity contribution in [3.8, 4) is 0 Å². The Bertz CT molecular complexity index is 442. The van der Waals surface area contributed by atoms with E-state index in [0.29, 0.717) is 23.6 Å². The largest absolute Gasteiger partial charge is 0.326 e. The van der Waals surface area contributed by atoms with Crippen LogP contribution in [0.25, 0.3) is 0 Å². The monoisotopic (exact) mass is 249 g/mol. The highest BCUT2D eigenvalue weighted by Crippen LogP contribution is 2.15. The zero-order valence-electron chi connectivity index (χ0n) is 11.5. The first-order valence-corrected chi connectivity index (χ1v) is 6.34. The lowest BCUT2D eigenvalue weighted by atomic mass is 10.0. The third-order valence-electron chi connectivity index (χ3n) is 2.55. The molecule has 0 aliphatic rings. The van der Waals surface area contributed by atoms with Gasteiger partial charge in [0.05, 0.1) is 0 Å². The van der Waals surface area contributed by atoms with Gasteiger partial charge < -0.3 is 5.32 Å². The maximum absolute atomic E-state index is 11.8. The van der Waals surface area contributed by atoms with Crippen LogP contribution >= 0.6 is 0 Å². The number of nitrogens with one attached hydrogen (secondary N) is 1. The van der Waals surface area contributed by atoms with Gasteiger partial charge in [-0.25, -0.2) is 0 Å². The van der Waals surface area contributed by atoms with E-state index in [-0.39, 0.29) is 19.0 Å². The zero-order valence-corrected chi connectivity index (χ0v) is 11.5. The summed E-state index contributed by atoms with van der Waals surface area (Å²) in [7, 11) is 0.